The number of hydrogen-bond acceptors (Lipinski definition) is 2. The molecule has 2 heteroatoms. The molecule has 2 nitrogen and oxygen atoms in total. The van der Waals surface area contributed by atoms with Gasteiger partial charge in [-0.25, -0.2) is 0 Å². The molecule has 0 radical (unpaired) electrons. The van der Waals surface area contributed by atoms with E-state index in [1.54, 1.807) is 0 Å². The Morgan fingerprint density at radius 1 is 1.43 bits per heavy atom. The van der Waals surface area contributed by atoms with E-state index in [0.29, 0.717) is 0 Å². The average Bonchev–Trinajstić information content (AvgIpc) is 2.07. The number of aliphatic hydroxyl groups excluding tert-OH is 1. The Labute approximate surface area is 88.3 Å². The Balaban J connectivity index is 2.49. The Morgan fingerprint density at radius 3 is 2.64 bits per heavy atom. The highest BCUT2D eigenvalue weighted by molar-refractivity contribution is 4.92. The van der Waals surface area contributed by atoms with Crippen molar-refractivity contribution < 1.29 is 5.11 Å². The molecule has 0 aromatic carbocycles. The molecule has 1 saturated heterocycles. The summed E-state index contributed by atoms with van der Waals surface area (Å²) in [6.45, 7) is 11.1. The summed E-state index contributed by atoms with van der Waals surface area (Å²) in [5.74, 6) is 0.755. The molecule has 14 heavy (non-hydrogen) atoms. The molecule has 0 saturated carbocycles. The molecular formula is C12H25NO. The topological polar surface area (TPSA) is 23.5 Å². The van der Waals surface area contributed by atoms with Crippen molar-refractivity contribution in [2.24, 2.45) is 5.92 Å². The molecule has 1 aliphatic heterocycles. The van der Waals surface area contributed by atoms with Gasteiger partial charge in [0.15, 0.2) is 0 Å². The lowest BCUT2D eigenvalue weighted by Gasteiger charge is -2.46. The SMILES string of the molecule is CC(C)CCN1CCCC(O)C1(C)C. The van der Waals surface area contributed by atoms with Gasteiger partial charge in [0.25, 0.3) is 0 Å². The Bertz CT molecular complexity index is 177. The molecule has 0 bridgehead atoms. The molecule has 0 aromatic rings. The van der Waals surface area contributed by atoms with Gasteiger partial charge in [0, 0.05) is 5.54 Å². The van der Waals surface area contributed by atoms with Crippen LogP contribution in [0.3, 0.4) is 0 Å². The van der Waals surface area contributed by atoms with Gasteiger partial charge in [0.2, 0.25) is 0 Å². The van der Waals surface area contributed by atoms with Crippen molar-refractivity contribution in [3.8, 4) is 0 Å². The van der Waals surface area contributed by atoms with Gasteiger partial charge in [-0.3, -0.25) is 4.90 Å². The predicted octanol–water partition coefficient (Wildman–Crippen LogP) is 2.27. The molecule has 1 aliphatic rings. The molecule has 0 aromatic heterocycles. The Hall–Kier alpha value is -0.0800. The lowest BCUT2D eigenvalue weighted by molar-refractivity contribution is -0.0451. The molecule has 0 amide bonds. The molecule has 1 N–H and O–H groups in total. The number of rotatable bonds is 3. The fourth-order valence-corrected chi connectivity index (χ4v) is 2.14. The van der Waals surface area contributed by atoms with Crippen LogP contribution in [-0.2, 0) is 0 Å². The van der Waals surface area contributed by atoms with Crippen LogP contribution in [0.2, 0.25) is 0 Å². The highest BCUT2D eigenvalue weighted by Crippen LogP contribution is 2.28. The first-order chi connectivity index (χ1) is 6.44. The maximum absolute atomic E-state index is 9.93. The number of likely N-dealkylation sites (tertiary alicyclic amines) is 1. The monoisotopic (exact) mass is 199 g/mol. The van der Waals surface area contributed by atoms with Crippen molar-refractivity contribution in [2.75, 3.05) is 13.1 Å². The van der Waals surface area contributed by atoms with Gasteiger partial charge < -0.3 is 5.11 Å². The summed E-state index contributed by atoms with van der Waals surface area (Å²) >= 11 is 0. The second-order valence-electron chi connectivity index (χ2n) is 5.48. The third-order valence-electron chi connectivity index (χ3n) is 3.51. The quantitative estimate of drug-likeness (QED) is 0.753. The first kappa shape index (κ1) is 12.0. The molecule has 0 spiro atoms. The Morgan fingerprint density at radius 2 is 2.07 bits per heavy atom. The van der Waals surface area contributed by atoms with Gasteiger partial charge in [-0.2, -0.15) is 0 Å². The van der Waals surface area contributed by atoms with Crippen LogP contribution >= 0.6 is 0 Å². The molecular weight excluding hydrogens is 174 g/mol. The smallest absolute Gasteiger partial charge is 0.0718 e. The minimum Gasteiger partial charge on any atom is -0.391 e. The zero-order valence-electron chi connectivity index (χ0n) is 10.1. The van der Waals surface area contributed by atoms with Gasteiger partial charge in [-0.05, 0) is 52.1 Å². The van der Waals surface area contributed by atoms with Crippen LogP contribution in [0.5, 0.6) is 0 Å². The van der Waals surface area contributed by atoms with Gasteiger partial charge in [0.05, 0.1) is 6.10 Å². The van der Waals surface area contributed by atoms with Gasteiger partial charge in [-0.15, -0.1) is 0 Å². The van der Waals surface area contributed by atoms with E-state index in [1.807, 2.05) is 0 Å². The maximum Gasteiger partial charge on any atom is 0.0718 e. The molecule has 1 rings (SSSR count). The average molecular weight is 199 g/mol. The standard InChI is InChI=1S/C12H25NO/c1-10(2)7-9-13-8-5-6-11(14)12(13,3)4/h10-11,14H,5-9H2,1-4H3. The second kappa shape index (κ2) is 4.63. The number of piperidine rings is 1. The highest BCUT2D eigenvalue weighted by atomic mass is 16.3. The number of hydrogen-bond donors (Lipinski definition) is 1. The summed E-state index contributed by atoms with van der Waals surface area (Å²) in [6.07, 6.45) is 3.19. The van der Waals surface area contributed by atoms with E-state index >= 15 is 0 Å². The summed E-state index contributed by atoms with van der Waals surface area (Å²) in [7, 11) is 0. The van der Waals surface area contributed by atoms with Gasteiger partial charge in [-0.1, -0.05) is 13.8 Å². The van der Waals surface area contributed by atoms with E-state index in [0.717, 1.165) is 31.8 Å². The fraction of sp³-hybridized carbons (Fsp3) is 1.00. The molecule has 0 aliphatic carbocycles. The van der Waals surface area contributed by atoms with E-state index < -0.39 is 0 Å². The summed E-state index contributed by atoms with van der Waals surface area (Å²) in [5, 5.41) is 9.93. The lowest BCUT2D eigenvalue weighted by atomic mass is 9.87. The van der Waals surface area contributed by atoms with Crippen molar-refractivity contribution in [1.82, 2.24) is 4.90 Å². The first-order valence-corrected chi connectivity index (χ1v) is 5.87. The molecule has 84 valence electrons. The van der Waals surface area contributed by atoms with Crippen LogP contribution in [0.15, 0.2) is 0 Å². The van der Waals surface area contributed by atoms with Crippen LogP contribution in [-0.4, -0.2) is 34.7 Å². The summed E-state index contributed by atoms with van der Waals surface area (Å²) in [5.41, 5.74) is -0.0207. The minimum atomic E-state index is -0.150. The van der Waals surface area contributed by atoms with Crippen molar-refractivity contribution in [3.63, 3.8) is 0 Å². The van der Waals surface area contributed by atoms with Crippen LogP contribution in [0.25, 0.3) is 0 Å². The van der Waals surface area contributed by atoms with E-state index in [9.17, 15) is 5.11 Å². The predicted molar refractivity (Wildman–Crippen MR) is 60.3 cm³/mol. The molecule has 1 heterocycles. The van der Waals surface area contributed by atoms with Crippen molar-refractivity contribution >= 4 is 0 Å². The van der Waals surface area contributed by atoms with E-state index in [1.165, 1.54) is 6.42 Å². The summed E-state index contributed by atoms with van der Waals surface area (Å²) < 4.78 is 0. The highest BCUT2D eigenvalue weighted by Gasteiger charge is 2.36. The van der Waals surface area contributed by atoms with E-state index in [2.05, 4.69) is 32.6 Å². The zero-order chi connectivity index (χ0) is 10.8. The van der Waals surface area contributed by atoms with Crippen molar-refractivity contribution in [3.05, 3.63) is 0 Å². The molecule has 1 atom stereocenters. The van der Waals surface area contributed by atoms with Crippen LogP contribution in [0.1, 0.15) is 47.0 Å². The minimum absolute atomic E-state index is 0.0207. The van der Waals surface area contributed by atoms with Gasteiger partial charge >= 0.3 is 0 Å². The number of aliphatic hydroxyl groups is 1. The lowest BCUT2D eigenvalue weighted by Crippen LogP contribution is -2.56. The Kier molecular flexibility index (Phi) is 3.96. The van der Waals surface area contributed by atoms with Crippen LogP contribution < -0.4 is 0 Å². The van der Waals surface area contributed by atoms with Crippen molar-refractivity contribution in [1.29, 1.82) is 0 Å². The van der Waals surface area contributed by atoms with Crippen LogP contribution in [0, 0.1) is 5.92 Å². The summed E-state index contributed by atoms with van der Waals surface area (Å²) in [6, 6.07) is 0. The van der Waals surface area contributed by atoms with Crippen LogP contribution in [0.4, 0.5) is 0 Å². The second-order valence-corrected chi connectivity index (χ2v) is 5.48. The normalized spacial score (nSPS) is 28.3. The fourth-order valence-electron chi connectivity index (χ4n) is 2.14. The first-order valence-electron chi connectivity index (χ1n) is 5.87. The van der Waals surface area contributed by atoms with Gasteiger partial charge in [0.1, 0.15) is 0 Å². The number of nitrogens with zero attached hydrogens (tertiary/aromatic N) is 1. The third kappa shape index (κ3) is 2.71. The van der Waals surface area contributed by atoms with Crippen molar-refractivity contribution in [2.45, 2.75) is 58.6 Å². The molecule has 1 unspecified atom stereocenters. The van der Waals surface area contributed by atoms with E-state index in [4.69, 9.17) is 0 Å². The third-order valence-corrected chi connectivity index (χ3v) is 3.51. The molecule has 1 fully saturated rings. The largest absolute Gasteiger partial charge is 0.391 e. The maximum atomic E-state index is 9.93. The zero-order valence-corrected chi connectivity index (χ0v) is 10.1. The summed E-state index contributed by atoms with van der Waals surface area (Å²) in [4.78, 5) is 2.45. The van der Waals surface area contributed by atoms with E-state index in [-0.39, 0.29) is 11.6 Å².